The van der Waals surface area contributed by atoms with E-state index in [1.807, 2.05) is 0 Å². The molecule has 0 aromatic heterocycles. The van der Waals surface area contributed by atoms with E-state index in [0.717, 1.165) is 13.1 Å². The van der Waals surface area contributed by atoms with Crippen LogP contribution in [0.4, 0.5) is 0 Å². The topological polar surface area (TPSA) is 12.5 Å². The van der Waals surface area contributed by atoms with Crippen LogP contribution in [0.25, 0.3) is 0 Å². The maximum absolute atomic E-state index is 5.88. The lowest BCUT2D eigenvalue weighted by Gasteiger charge is -2.23. The van der Waals surface area contributed by atoms with Gasteiger partial charge < -0.3 is 9.64 Å². The molecule has 0 bridgehead atoms. The highest BCUT2D eigenvalue weighted by atomic mass is 35.5. The van der Waals surface area contributed by atoms with Crippen molar-refractivity contribution in [2.75, 3.05) is 26.0 Å². The molecule has 13 heavy (non-hydrogen) atoms. The largest absolute Gasteiger partial charge is 0.371 e. The van der Waals surface area contributed by atoms with Gasteiger partial charge in [0.05, 0.1) is 11.7 Å². The fraction of sp³-hybridized carbons (Fsp3) is 1.00. The van der Waals surface area contributed by atoms with Crippen LogP contribution >= 0.6 is 11.6 Å². The van der Waals surface area contributed by atoms with E-state index in [9.17, 15) is 0 Å². The van der Waals surface area contributed by atoms with Gasteiger partial charge in [-0.1, -0.05) is 0 Å². The molecular weight excluding hydrogens is 186 g/mol. The van der Waals surface area contributed by atoms with E-state index in [-0.39, 0.29) is 5.60 Å². The third-order valence-corrected chi connectivity index (χ3v) is 2.70. The molecule has 0 radical (unpaired) electrons. The number of hydrogen-bond donors (Lipinski definition) is 0. The first-order valence-corrected chi connectivity index (χ1v) is 5.49. The number of ether oxygens (including phenoxy) is 1. The molecule has 78 valence electrons. The first-order valence-electron chi connectivity index (χ1n) is 4.96. The van der Waals surface area contributed by atoms with Crippen LogP contribution in [0.5, 0.6) is 0 Å². The van der Waals surface area contributed by atoms with Crippen LogP contribution in [-0.2, 0) is 4.74 Å². The Kier molecular flexibility index (Phi) is 4.02. The Balaban J connectivity index is 2.24. The highest BCUT2D eigenvalue weighted by Crippen LogP contribution is 2.29. The van der Waals surface area contributed by atoms with Crippen LogP contribution in [0.1, 0.15) is 26.7 Å². The summed E-state index contributed by atoms with van der Waals surface area (Å²) in [4.78, 5) is 2.24. The number of hydrogen-bond acceptors (Lipinski definition) is 2. The second-order valence-electron chi connectivity index (χ2n) is 4.49. The van der Waals surface area contributed by atoms with E-state index in [0.29, 0.717) is 12.0 Å². The maximum Gasteiger partial charge on any atom is 0.0710 e. The fourth-order valence-electron chi connectivity index (χ4n) is 1.79. The summed E-state index contributed by atoms with van der Waals surface area (Å²) >= 11 is 5.66. The zero-order valence-corrected chi connectivity index (χ0v) is 9.60. The number of likely N-dealkylation sites (N-methyl/N-ethyl adjacent to an activating group) is 1. The minimum absolute atomic E-state index is 0.0898. The second kappa shape index (κ2) is 4.63. The van der Waals surface area contributed by atoms with Crippen LogP contribution in [-0.4, -0.2) is 42.6 Å². The van der Waals surface area contributed by atoms with Crippen LogP contribution < -0.4 is 0 Å². The van der Waals surface area contributed by atoms with Crippen molar-refractivity contribution >= 4 is 11.6 Å². The number of alkyl halides is 1. The van der Waals surface area contributed by atoms with E-state index >= 15 is 0 Å². The lowest BCUT2D eigenvalue weighted by molar-refractivity contribution is -0.0254. The maximum atomic E-state index is 5.88. The first-order chi connectivity index (χ1) is 6.03. The Morgan fingerprint density at radius 3 is 2.69 bits per heavy atom. The van der Waals surface area contributed by atoms with Crippen molar-refractivity contribution in [3.05, 3.63) is 0 Å². The van der Waals surface area contributed by atoms with Crippen LogP contribution in [0.15, 0.2) is 0 Å². The third-order valence-electron chi connectivity index (χ3n) is 2.54. The van der Waals surface area contributed by atoms with Crippen molar-refractivity contribution < 1.29 is 4.74 Å². The van der Waals surface area contributed by atoms with E-state index in [1.54, 1.807) is 0 Å². The Morgan fingerprint density at radius 2 is 2.23 bits per heavy atom. The van der Waals surface area contributed by atoms with Crippen molar-refractivity contribution in [1.29, 1.82) is 0 Å². The summed E-state index contributed by atoms with van der Waals surface area (Å²) in [5, 5.41) is 0. The van der Waals surface area contributed by atoms with Gasteiger partial charge >= 0.3 is 0 Å². The summed E-state index contributed by atoms with van der Waals surface area (Å²) in [5.74, 6) is 0.701. The molecule has 0 spiro atoms. The zero-order valence-electron chi connectivity index (χ0n) is 8.85. The van der Waals surface area contributed by atoms with Gasteiger partial charge in [-0.2, -0.15) is 0 Å². The van der Waals surface area contributed by atoms with E-state index in [4.69, 9.17) is 16.3 Å². The summed E-state index contributed by atoms with van der Waals surface area (Å²) < 4.78 is 5.88. The number of halogens is 1. The highest BCUT2D eigenvalue weighted by Gasteiger charge is 2.31. The molecule has 0 aromatic carbocycles. The standard InChI is InChI=1S/C10H20ClNO/c1-10(2)5-4-9(13-10)8-12(3)7-6-11/h9H,4-8H2,1-3H3. The van der Waals surface area contributed by atoms with Gasteiger partial charge in [0.2, 0.25) is 0 Å². The lowest BCUT2D eigenvalue weighted by Crippen LogP contribution is -2.32. The van der Waals surface area contributed by atoms with Crippen molar-refractivity contribution in [2.45, 2.75) is 38.4 Å². The Labute approximate surface area is 86.2 Å². The minimum Gasteiger partial charge on any atom is -0.371 e. The SMILES string of the molecule is CN(CCCl)CC1CCC(C)(C)O1. The fourth-order valence-corrected chi connectivity index (χ4v) is 2.08. The molecule has 0 amide bonds. The van der Waals surface area contributed by atoms with Crippen LogP contribution in [0.3, 0.4) is 0 Å². The summed E-state index contributed by atoms with van der Waals surface area (Å²) in [5.41, 5.74) is 0.0898. The highest BCUT2D eigenvalue weighted by molar-refractivity contribution is 6.18. The molecule has 3 heteroatoms. The molecule has 0 saturated carbocycles. The summed E-state index contributed by atoms with van der Waals surface area (Å²) in [7, 11) is 2.09. The minimum atomic E-state index is 0.0898. The number of nitrogens with zero attached hydrogens (tertiary/aromatic N) is 1. The third kappa shape index (κ3) is 3.84. The smallest absolute Gasteiger partial charge is 0.0710 e. The van der Waals surface area contributed by atoms with Crippen molar-refractivity contribution in [3.8, 4) is 0 Å². The van der Waals surface area contributed by atoms with Crippen LogP contribution in [0.2, 0.25) is 0 Å². The molecule has 1 saturated heterocycles. The monoisotopic (exact) mass is 205 g/mol. The molecule has 1 aliphatic rings. The van der Waals surface area contributed by atoms with Crippen molar-refractivity contribution in [3.63, 3.8) is 0 Å². The van der Waals surface area contributed by atoms with Crippen molar-refractivity contribution in [1.82, 2.24) is 4.90 Å². The molecule has 2 nitrogen and oxygen atoms in total. The molecule has 0 aromatic rings. The molecule has 1 heterocycles. The Morgan fingerprint density at radius 1 is 1.54 bits per heavy atom. The van der Waals surface area contributed by atoms with Gasteiger partial charge in [-0.15, -0.1) is 11.6 Å². The molecule has 0 aliphatic carbocycles. The summed E-state index contributed by atoms with van der Waals surface area (Å²) in [6, 6.07) is 0. The average molecular weight is 206 g/mol. The van der Waals surface area contributed by atoms with E-state index in [1.165, 1.54) is 12.8 Å². The normalized spacial score (nSPS) is 27.0. The van der Waals surface area contributed by atoms with Gasteiger partial charge in [0, 0.05) is 19.0 Å². The van der Waals surface area contributed by atoms with Gasteiger partial charge in [-0.3, -0.25) is 0 Å². The Hall–Kier alpha value is 0.210. The number of rotatable bonds is 4. The first kappa shape index (κ1) is 11.3. The molecule has 1 unspecified atom stereocenters. The van der Waals surface area contributed by atoms with E-state index < -0.39 is 0 Å². The average Bonchev–Trinajstić information content (AvgIpc) is 2.30. The Bertz CT molecular complexity index is 161. The lowest BCUT2D eigenvalue weighted by atomic mass is 10.1. The zero-order chi connectivity index (χ0) is 9.90. The molecule has 1 aliphatic heterocycles. The molecular formula is C10H20ClNO. The van der Waals surface area contributed by atoms with Gasteiger partial charge in [-0.25, -0.2) is 0 Å². The van der Waals surface area contributed by atoms with Gasteiger partial charge in [0.1, 0.15) is 0 Å². The van der Waals surface area contributed by atoms with E-state index in [2.05, 4.69) is 25.8 Å². The van der Waals surface area contributed by atoms with Crippen molar-refractivity contribution in [2.24, 2.45) is 0 Å². The molecule has 1 atom stereocenters. The summed E-state index contributed by atoms with van der Waals surface area (Å²) in [6.45, 7) is 6.28. The summed E-state index contributed by atoms with van der Waals surface area (Å²) in [6.07, 6.45) is 2.76. The molecule has 1 fully saturated rings. The quantitative estimate of drug-likeness (QED) is 0.652. The van der Waals surface area contributed by atoms with Gasteiger partial charge in [0.15, 0.2) is 0 Å². The second-order valence-corrected chi connectivity index (χ2v) is 4.87. The molecule has 0 N–H and O–H groups in total. The predicted octanol–water partition coefficient (Wildman–Crippen LogP) is 2.11. The van der Waals surface area contributed by atoms with Gasteiger partial charge in [-0.05, 0) is 33.7 Å². The predicted molar refractivity (Wildman–Crippen MR) is 56.4 cm³/mol. The molecule has 1 rings (SSSR count). The van der Waals surface area contributed by atoms with Crippen LogP contribution in [0, 0.1) is 0 Å². The van der Waals surface area contributed by atoms with Gasteiger partial charge in [0.25, 0.3) is 0 Å².